The smallest absolute Gasteiger partial charge is 0.180 e. The zero-order valence-electron chi connectivity index (χ0n) is 12.3. The summed E-state index contributed by atoms with van der Waals surface area (Å²) in [5.74, 6) is -0.813. The van der Waals surface area contributed by atoms with Gasteiger partial charge in [-0.3, -0.25) is 0 Å². The topological polar surface area (TPSA) is 50.7 Å². The van der Waals surface area contributed by atoms with Crippen LogP contribution in [-0.4, -0.2) is 11.4 Å². The Hall–Kier alpha value is -1.92. The molecule has 0 aliphatic rings. The number of nitrogens with zero attached hydrogens (tertiary/aromatic N) is 2. The van der Waals surface area contributed by atoms with E-state index in [9.17, 15) is 8.78 Å². The lowest BCUT2D eigenvalue weighted by atomic mass is 10.1. The molecule has 0 spiro atoms. The Morgan fingerprint density at radius 3 is 2.70 bits per heavy atom. The molecule has 120 valence electrons. The van der Waals surface area contributed by atoms with Crippen LogP contribution >= 0.6 is 23.4 Å². The predicted octanol–water partition coefficient (Wildman–Crippen LogP) is 4.51. The van der Waals surface area contributed by atoms with Crippen LogP contribution in [0.3, 0.4) is 0 Å². The summed E-state index contributed by atoms with van der Waals surface area (Å²) in [5.41, 5.74) is 6.69. The molecule has 2 aromatic carbocycles. The minimum absolute atomic E-state index is 0.0184. The van der Waals surface area contributed by atoms with Gasteiger partial charge in [-0.25, -0.2) is 8.78 Å². The van der Waals surface area contributed by atoms with Gasteiger partial charge in [0.25, 0.3) is 0 Å². The van der Waals surface area contributed by atoms with E-state index in [1.165, 1.54) is 18.7 Å². The zero-order valence-corrected chi connectivity index (χ0v) is 13.8. The SMILES string of the molecule is Cc1c(F)cc(Cl)c(C=NN=C(N)SCc2ccccc2)c1F. The summed E-state index contributed by atoms with van der Waals surface area (Å²) in [4.78, 5) is 0. The molecule has 0 unspecified atom stereocenters. The average Bonchev–Trinajstić information content (AvgIpc) is 2.55. The lowest BCUT2D eigenvalue weighted by Gasteiger charge is -2.04. The number of hydrogen-bond acceptors (Lipinski definition) is 3. The highest BCUT2D eigenvalue weighted by atomic mass is 35.5. The number of benzene rings is 2. The van der Waals surface area contributed by atoms with Crippen molar-refractivity contribution in [2.45, 2.75) is 12.7 Å². The molecule has 3 nitrogen and oxygen atoms in total. The average molecular weight is 354 g/mol. The minimum Gasteiger partial charge on any atom is -0.377 e. The van der Waals surface area contributed by atoms with Crippen molar-refractivity contribution in [3.63, 3.8) is 0 Å². The van der Waals surface area contributed by atoms with E-state index < -0.39 is 11.6 Å². The summed E-state index contributed by atoms with van der Waals surface area (Å²) >= 11 is 7.11. The zero-order chi connectivity index (χ0) is 16.8. The molecular weight excluding hydrogens is 340 g/mol. The summed E-state index contributed by atoms with van der Waals surface area (Å²) < 4.78 is 27.2. The molecule has 2 N–H and O–H groups in total. The van der Waals surface area contributed by atoms with Crippen molar-refractivity contribution in [1.82, 2.24) is 0 Å². The number of thioether (sulfide) groups is 1. The van der Waals surface area contributed by atoms with Gasteiger partial charge in [-0.05, 0) is 18.6 Å². The standard InChI is InChI=1S/C16H14ClF2N3S/c1-10-14(18)7-13(17)12(15(10)19)8-21-22-16(20)23-9-11-5-3-2-4-6-11/h2-8H,9H2,1H3,(H2,20,22). The molecule has 0 aliphatic heterocycles. The van der Waals surface area contributed by atoms with Gasteiger partial charge < -0.3 is 5.73 Å². The van der Waals surface area contributed by atoms with E-state index in [2.05, 4.69) is 10.2 Å². The van der Waals surface area contributed by atoms with Crippen molar-refractivity contribution in [3.8, 4) is 0 Å². The lowest BCUT2D eigenvalue weighted by molar-refractivity contribution is 0.567. The van der Waals surface area contributed by atoms with Crippen LogP contribution in [0, 0.1) is 18.6 Å². The fourth-order valence-electron chi connectivity index (χ4n) is 1.73. The maximum atomic E-state index is 13.9. The Morgan fingerprint density at radius 2 is 2.00 bits per heavy atom. The highest BCUT2D eigenvalue weighted by Gasteiger charge is 2.13. The van der Waals surface area contributed by atoms with Crippen molar-refractivity contribution in [1.29, 1.82) is 0 Å². The van der Waals surface area contributed by atoms with Crippen molar-refractivity contribution in [3.05, 3.63) is 69.7 Å². The molecular formula is C16H14ClF2N3S. The summed E-state index contributed by atoms with van der Waals surface area (Å²) in [5, 5.41) is 7.66. The Balaban J connectivity index is 2.04. The Labute approximate surface area is 142 Å². The Bertz CT molecular complexity index is 749. The third kappa shape index (κ3) is 4.77. The predicted molar refractivity (Wildman–Crippen MR) is 93.1 cm³/mol. The van der Waals surface area contributed by atoms with Crippen LogP contribution in [0.25, 0.3) is 0 Å². The van der Waals surface area contributed by atoms with Gasteiger partial charge in [0.1, 0.15) is 11.6 Å². The Morgan fingerprint density at radius 1 is 1.30 bits per heavy atom. The maximum absolute atomic E-state index is 13.9. The molecule has 0 heterocycles. The van der Waals surface area contributed by atoms with Gasteiger partial charge in [-0.15, -0.1) is 5.10 Å². The van der Waals surface area contributed by atoms with Crippen molar-refractivity contribution >= 4 is 34.7 Å². The number of rotatable bonds is 4. The highest BCUT2D eigenvalue weighted by Crippen LogP contribution is 2.23. The van der Waals surface area contributed by atoms with Crippen LogP contribution in [0.4, 0.5) is 8.78 Å². The summed E-state index contributed by atoms with van der Waals surface area (Å²) in [6.07, 6.45) is 1.13. The van der Waals surface area contributed by atoms with Crippen LogP contribution in [-0.2, 0) is 5.75 Å². The van der Waals surface area contributed by atoms with E-state index in [4.69, 9.17) is 17.3 Å². The minimum atomic E-state index is -0.760. The number of hydrogen-bond donors (Lipinski definition) is 1. The lowest BCUT2D eigenvalue weighted by Crippen LogP contribution is -2.06. The van der Waals surface area contributed by atoms with Gasteiger partial charge in [0.05, 0.1) is 11.2 Å². The molecule has 7 heteroatoms. The second-order valence-corrected chi connectivity index (χ2v) is 6.05. The fraction of sp³-hybridized carbons (Fsp3) is 0.125. The second kappa shape index (κ2) is 8.08. The maximum Gasteiger partial charge on any atom is 0.180 e. The van der Waals surface area contributed by atoms with E-state index >= 15 is 0 Å². The van der Waals surface area contributed by atoms with Crippen molar-refractivity contribution in [2.75, 3.05) is 0 Å². The van der Waals surface area contributed by atoms with Crippen LogP contribution in [0.15, 0.2) is 46.6 Å². The molecule has 0 amide bonds. The third-order valence-corrected chi connectivity index (χ3v) is 4.18. The monoisotopic (exact) mass is 353 g/mol. The van der Waals surface area contributed by atoms with Gasteiger partial charge in [0.15, 0.2) is 5.17 Å². The molecule has 2 rings (SSSR count). The second-order valence-electron chi connectivity index (χ2n) is 4.65. The first-order chi connectivity index (χ1) is 11.0. The molecule has 0 radical (unpaired) electrons. The first-order valence-electron chi connectivity index (χ1n) is 6.66. The van der Waals surface area contributed by atoms with Crippen molar-refractivity contribution in [2.24, 2.45) is 15.9 Å². The molecule has 0 bridgehead atoms. The summed E-state index contributed by atoms with van der Waals surface area (Å²) in [7, 11) is 0. The number of amidine groups is 1. The van der Waals surface area contributed by atoms with E-state index in [1.54, 1.807) is 0 Å². The summed E-state index contributed by atoms with van der Waals surface area (Å²) in [6, 6.07) is 10.8. The van der Waals surface area contributed by atoms with E-state index in [0.717, 1.165) is 17.8 Å². The molecule has 2 aromatic rings. The molecule has 23 heavy (non-hydrogen) atoms. The normalized spacial score (nSPS) is 12.1. The third-order valence-electron chi connectivity index (χ3n) is 3.01. The molecule has 0 saturated carbocycles. The number of halogens is 3. The van der Waals surface area contributed by atoms with Gasteiger partial charge in [0.2, 0.25) is 0 Å². The molecule has 0 fully saturated rings. The largest absolute Gasteiger partial charge is 0.377 e. The Kier molecular flexibility index (Phi) is 6.12. The molecule has 0 aromatic heterocycles. The first kappa shape index (κ1) is 17.4. The van der Waals surface area contributed by atoms with Crippen LogP contribution in [0.5, 0.6) is 0 Å². The van der Waals surface area contributed by atoms with E-state index in [0.29, 0.717) is 5.75 Å². The van der Waals surface area contributed by atoms with Gasteiger partial charge in [0, 0.05) is 16.9 Å². The van der Waals surface area contributed by atoms with E-state index in [-0.39, 0.29) is 21.3 Å². The number of nitrogens with two attached hydrogens (primary N) is 1. The quantitative estimate of drug-likeness (QED) is 0.499. The first-order valence-corrected chi connectivity index (χ1v) is 8.02. The van der Waals surface area contributed by atoms with Crippen LogP contribution in [0.2, 0.25) is 5.02 Å². The summed E-state index contributed by atoms with van der Waals surface area (Å²) in [6.45, 7) is 1.33. The molecule has 0 atom stereocenters. The molecule has 0 aliphatic carbocycles. The highest BCUT2D eigenvalue weighted by molar-refractivity contribution is 8.13. The van der Waals surface area contributed by atoms with E-state index in [1.807, 2.05) is 30.3 Å². The van der Waals surface area contributed by atoms with Crippen LogP contribution in [0.1, 0.15) is 16.7 Å². The van der Waals surface area contributed by atoms with Gasteiger partial charge in [-0.1, -0.05) is 53.7 Å². The van der Waals surface area contributed by atoms with Crippen molar-refractivity contribution < 1.29 is 8.78 Å². The van der Waals surface area contributed by atoms with Gasteiger partial charge >= 0.3 is 0 Å². The fourth-order valence-corrected chi connectivity index (χ4v) is 2.57. The van der Waals surface area contributed by atoms with Gasteiger partial charge in [-0.2, -0.15) is 5.10 Å². The molecule has 0 saturated heterocycles. The van der Waals surface area contributed by atoms with Crippen LogP contribution < -0.4 is 5.73 Å².